The molecule has 0 saturated carbocycles. The molecule has 0 amide bonds. The molecule has 2 N–H and O–H groups in total. The number of nitrogens with one attached hydrogen (secondary N) is 1. The number of aromatic nitrogens is 3. The highest BCUT2D eigenvalue weighted by atomic mass is 32.2. The van der Waals surface area contributed by atoms with Gasteiger partial charge in [0, 0.05) is 22.8 Å². The molecule has 0 saturated heterocycles. The maximum absolute atomic E-state index is 10.5. The Hall–Kier alpha value is -1.47. The van der Waals surface area contributed by atoms with E-state index in [-0.39, 0.29) is 5.41 Å². The summed E-state index contributed by atoms with van der Waals surface area (Å²) in [5.74, 6) is 2.92. The van der Waals surface area contributed by atoms with E-state index < -0.39 is 0 Å². The highest BCUT2D eigenvalue weighted by Crippen LogP contribution is 2.36. The zero-order valence-electron chi connectivity index (χ0n) is 18.5. The Balaban J connectivity index is 2.31. The first-order chi connectivity index (χ1) is 13.7. The summed E-state index contributed by atoms with van der Waals surface area (Å²) in [4.78, 5) is 13.9. The number of thioether (sulfide) groups is 2. The first-order valence-electron chi connectivity index (χ1n) is 10.4. The molecule has 2 rings (SSSR count). The fraction of sp³-hybridized carbons (Fsp3) is 0.591. The summed E-state index contributed by atoms with van der Waals surface area (Å²) in [6, 6.07) is 3.92. The quantitative estimate of drug-likeness (QED) is 0.244. The normalized spacial score (nSPS) is 11.7. The highest BCUT2D eigenvalue weighted by Gasteiger charge is 2.20. The molecule has 2 aromatic rings. The summed E-state index contributed by atoms with van der Waals surface area (Å²) in [7, 11) is 0. The number of aryl methyl sites for hydroxylation is 1. The Kier molecular flexibility index (Phi) is 9.08. The Morgan fingerprint density at radius 3 is 1.97 bits per heavy atom. The van der Waals surface area contributed by atoms with Crippen LogP contribution in [0.2, 0.25) is 0 Å². The summed E-state index contributed by atoms with van der Waals surface area (Å²) in [6.45, 7) is 12.6. The van der Waals surface area contributed by atoms with Gasteiger partial charge in [-0.2, -0.15) is 15.0 Å². The summed E-state index contributed by atoms with van der Waals surface area (Å²) in [5.41, 5.74) is 2.46. The van der Waals surface area contributed by atoms with Crippen molar-refractivity contribution in [3.63, 3.8) is 0 Å². The van der Waals surface area contributed by atoms with Gasteiger partial charge in [-0.3, -0.25) is 0 Å². The van der Waals surface area contributed by atoms with Crippen LogP contribution >= 0.6 is 23.5 Å². The molecule has 0 fully saturated rings. The molecule has 1 heterocycles. The van der Waals surface area contributed by atoms with Crippen LogP contribution in [0.25, 0.3) is 0 Å². The van der Waals surface area contributed by atoms with E-state index in [1.807, 2.05) is 19.1 Å². The van der Waals surface area contributed by atoms with Crippen molar-refractivity contribution < 1.29 is 5.11 Å². The fourth-order valence-electron chi connectivity index (χ4n) is 2.69. The Morgan fingerprint density at radius 2 is 1.48 bits per heavy atom. The number of hydrogen-bond donors (Lipinski definition) is 2. The molecule has 0 aliphatic rings. The first kappa shape index (κ1) is 23.8. The van der Waals surface area contributed by atoms with E-state index in [0.29, 0.717) is 11.7 Å². The van der Waals surface area contributed by atoms with Gasteiger partial charge < -0.3 is 10.4 Å². The lowest BCUT2D eigenvalue weighted by Gasteiger charge is -2.22. The van der Waals surface area contributed by atoms with Gasteiger partial charge in [-0.1, -0.05) is 71.0 Å². The standard InChI is InChI=1S/C22H34N4OS2/c1-7-9-11-28-20-24-19(25-21(26-20)29-12-10-8-2)23-16-13-15(3)18(27)17(14-16)22(4,5)6/h13-14,27H,7-12H2,1-6H3,(H,23,24,25,26). The van der Waals surface area contributed by atoms with Gasteiger partial charge in [-0.05, 0) is 42.9 Å². The monoisotopic (exact) mass is 434 g/mol. The minimum atomic E-state index is -0.159. The van der Waals surface area contributed by atoms with Gasteiger partial charge in [0.25, 0.3) is 0 Å². The predicted molar refractivity (Wildman–Crippen MR) is 126 cm³/mol. The van der Waals surface area contributed by atoms with Crippen LogP contribution in [0.3, 0.4) is 0 Å². The van der Waals surface area contributed by atoms with Crippen LogP contribution in [0, 0.1) is 6.92 Å². The lowest BCUT2D eigenvalue weighted by atomic mass is 9.85. The summed E-state index contributed by atoms with van der Waals surface area (Å²) in [6.07, 6.45) is 4.60. The third-order valence-electron chi connectivity index (χ3n) is 4.42. The minimum absolute atomic E-state index is 0.159. The lowest BCUT2D eigenvalue weighted by Crippen LogP contribution is -2.12. The number of benzene rings is 1. The average Bonchev–Trinajstić information content (AvgIpc) is 2.64. The van der Waals surface area contributed by atoms with Gasteiger partial charge in [0.2, 0.25) is 5.95 Å². The van der Waals surface area contributed by atoms with E-state index in [1.54, 1.807) is 23.5 Å². The molecule has 1 aromatic heterocycles. The first-order valence-corrected chi connectivity index (χ1v) is 12.3. The van der Waals surface area contributed by atoms with Gasteiger partial charge >= 0.3 is 0 Å². The van der Waals surface area contributed by atoms with Gasteiger partial charge in [-0.15, -0.1) is 0 Å². The number of phenols is 1. The molecule has 0 aliphatic carbocycles. The van der Waals surface area contributed by atoms with E-state index in [2.05, 4.69) is 54.9 Å². The largest absolute Gasteiger partial charge is 0.507 e. The van der Waals surface area contributed by atoms with Gasteiger partial charge in [0.1, 0.15) is 5.75 Å². The number of anilines is 2. The van der Waals surface area contributed by atoms with Crippen LogP contribution < -0.4 is 5.32 Å². The molecule has 0 atom stereocenters. The van der Waals surface area contributed by atoms with Crippen molar-refractivity contribution in [1.82, 2.24) is 15.0 Å². The minimum Gasteiger partial charge on any atom is -0.507 e. The van der Waals surface area contributed by atoms with Gasteiger partial charge in [-0.25, -0.2) is 0 Å². The van der Waals surface area contributed by atoms with Crippen molar-refractivity contribution >= 4 is 35.2 Å². The van der Waals surface area contributed by atoms with E-state index >= 15 is 0 Å². The van der Waals surface area contributed by atoms with E-state index in [1.165, 1.54) is 0 Å². The van der Waals surface area contributed by atoms with E-state index in [0.717, 1.165) is 64.3 Å². The van der Waals surface area contributed by atoms with Crippen molar-refractivity contribution in [2.75, 3.05) is 16.8 Å². The Labute approximate surface area is 183 Å². The highest BCUT2D eigenvalue weighted by molar-refractivity contribution is 7.99. The third-order valence-corrected chi connectivity index (χ3v) is 6.28. The molecule has 7 heteroatoms. The van der Waals surface area contributed by atoms with Crippen LogP contribution in [0.5, 0.6) is 5.75 Å². The molecular weight excluding hydrogens is 400 g/mol. The summed E-state index contributed by atoms with van der Waals surface area (Å²) in [5, 5.41) is 15.4. The molecule has 1 aromatic carbocycles. The molecule has 0 spiro atoms. The predicted octanol–water partition coefficient (Wildman–Crippen LogP) is 6.71. The van der Waals surface area contributed by atoms with Crippen LogP contribution in [0.4, 0.5) is 11.6 Å². The average molecular weight is 435 g/mol. The third kappa shape index (κ3) is 7.37. The van der Waals surface area contributed by atoms with Crippen molar-refractivity contribution in [1.29, 1.82) is 0 Å². The van der Waals surface area contributed by atoms with Crippen LogP contribution in [-0.4, -0.2) is 31.6 Å². The number of phenolic OH excluding ortho intramolecular Hbond substituents is 1. The molecule has 0 radical (unpaired) electrons. The second-order valence-electron chi connectivity index (χ2n) is 8.19. The molecule has 160 valence electrons. The van der Waals surface area contributed by atoms with Crippen LogP contribution in [0.1, 0.15) is 71.4 Å². The maximum atomic E-state index is 10.5. The molecule has 0 bridgehead atoms. The summed E-state index contributed by atoms with van der Waals surface area (Å²) >= 11 is 3.36. The van der Waals surface area contributed by atoms with Crippen LogP contribution in [0.15, 0.2) is 22.4 Å². The second kappa shape index (κ2) is 11.1. The Morgan fingerprint density at radius 1 is 0.931 bits per heavy atom. The SMILES string of the molecule is CCCCSc1nc(Nc2cc(C)c(O)c(C(C)(C)C)c2)nc(SCCCC)n1. The topological polar surface area (TPSA) is 70.9 Å². The fourth-order valence-corrected chi connectivity index (χ4v) is 4.58. The molecule has 0 unspecified atom stereocenters. The molecule has 5 nitrogen and oxygen atoms in total. The number of rotatable bonds is 10. The zero-order valence-corrected chi connectivity index (χ0v) is 20.1. The zero-order chi connectivity index (χ0) is 21.4. The number of nitrogens with zero attached hydrogens (tertiary/aromatic N) is 3. The van der Waals surface area contributed by atoms with Crippen molar-refractivity contribution in [3.05, 3.63) is 23.3 Å². The molecule has 29 heavy (non-hydrogen) atoms. The van der Waals surface area contributed by atoms with Crippen LogP contribution in [-0.2, 0) is 5.41 Å². The van der Waals surface area contributed by atoms with E-state index in [4.69, 9.17) is 0 Å². The van der Waals surface area contributed by atoms with E-state index in [9.17, 15) is 5.11 Å². The molecular formula is C22H34N4OS2. The van der Waals surface area contributed by atoms with Crippen molar-refractivity contribution in [3.8, 4) is 5.75 Å². The van der Waals surface area contributed by atoms with Gasteiger partial charge in [0.05, 0.1) is 0 Å². The second-order valence-corrected chi connectivity index (χ2v) is 10.3. The van der Waals surface area contributed by atoms with Gasteiger partial charge in [0.15, 0.2) is 10.3 Å². The number of unbranched alkanes of at least 4 members (excludes halogenated alkanes) is 2. The molecule has 0 aliphatic heterocycles. The van der Waals surface area contributed by atoms with Crippen molar-refractivity contribution in [2.24, 2.45) is 0 Å². The lowest BCUT2D eigenvalue weighted by molar-refractivity contribution is 0.443. The number of aromatic hydroxyl groups is 1. The Bertz CT molecular complexity index is 778. The van der Waals surface area contributed by atoms with Crippen molar-refractivity contribution in [2.45, 2.75) is 83.0 Å². The summed E-state index contributed by atoms with van der Waals surface area (Å²) < 4.78 is 0. The maximum Gasteiger partial charge on any atom is 0.232 e. The number of hydrogen-bond acceptors (Lipinski definition) is 7. The smallest absolute Gasteiger partial charge is 0.232 e.